The quantitative estimate of drug-likeness (QED) is 0.756. The zero-order valence-corrected chi connectivity index (χ0v) is 11.1. The van der Waals surface area contributed by atoms with Crippen LogP contribution in [-0.2, 0) is 14.3 Å². The van der Waals surface area contributed by atoms with Crippen molar-refractivity contribution in [3.05, 3.63) is 12.2 Å². The van der Waals surface area contributed by atoms with Gasteiger partial charge in [-0.05, 0) is 13.8 Å². The molecule has 98 valence electrons. The summed E-state index contributed by atoms with van der Waals surface area (Å²) in [5, 5.41) is 9.20. The standard InChI is InChI=1S/C13H22O4/c1-6-7-9-10(11(14)15)8(2)16-12(17-9)13(3,4)5/h6-10,12H,1-5H3,(H,14,15)/b7-6+/t8-,9+,10+,12-/m1/s1. The first-order valence-electron chi connectivity index (χ1n) is 5.94. The van der Waals surface area contributed by atoms with Crippen LogP contribution in [0.2, 0.25) is 0 Å². The lowest BCUT2D eigenvalue weighted by Gasteiger charge is -2.42. The van der Waals surface area contributed by atoms with Crippen molar-refractivity contribution in [2.45, 2.75) is 53.1 Å². The van der Waals surface area contributed by atoms with E-state index in [0.29, 0.717) is 0 Å². The van der Waals surface area contributed by atoms with Gasteiger partial charge in [0, 0.05) is 5.41 Å². The predicted octanol–water partition coefficient (Wildman–Crippen LogP) is 2.44. The lowest BCUT2D eigenvalue weighted by molar-refractivity contribution is -0.285. The second-order valence-corrected chi connectivity index (χ2v) is 5.53. The maximum absolute atomic E-state index is 11.2. The lowest BCUT2D eigenvalue weighted by atomic mass is 9.90. The Morgan fingerprint density at radius 3 is 2.29 bits per heavy atom. The molecule has 0 aromatic heterocycles. The average molecular weight is 242 g/mol. The SMILES string of the molecule is C/C=C/[C@@H]1O[C@H](C(C)(C)C)O[C@H](C)[C@@H]1C(=O)O. The maximum Gasteiger partial charge on any atom is 0.312 e. The van der Waals surface area contributed by atoms with Crippen LogP contribution < -0.4 is 0 Å². The van der Waals surface area contributed by atoms with Gasteiger partial charge < -0.3 is 14.6 Å². The zero-order valence-electron chi connectivity index (χ0n) is 11.1. The molecule has 0 aromatic rings. The Kier molecular flexibility index (Phi) is 4.33. The van der Waals surface area contributed by atoms with E-state index in [1.54, 1.807) is 13.0 Å². The van der Waals surface area contributed by atoms with E-state index in [0.717, 1.165) is 0 Å². The normalized spacial score (nSPS) is 35.1. The van der Waals surface area contributed by atoms with Crippen molar-refractivity contribution in [2.24, 2.45) is 11.3 Å². The third kappa shape index (κ3) is 3.30. The fourth-order valence-corrected chi connectivity index (χ4v) is 1.91. The van der Waals surface area contributed by atoms with E-state index in [2.05, 4.69) is 0 Å². The number of hydrogen-bond donors (Lipinski definition) is 1. The van der Waals surface area contributed by atoms with Crippen molar-refractivity contribution >= 4 is 5.97 Å². The molecule has 1 rings (SSSR count). The molecule has 0 aliphatic carbocycles. The Morgan fingerprint density at radius 1 is 1.29 bits per heavy atom. The summed E-state index contributed by atoms with van der Waals surface area (Å²) in [6, 6.07) is 0. The Labute approximate surface area is 103 Å². The molecule has 4 atom stereocenters. The molecule has 0 radical (unpaired) electrons. The lowest BCUT2D eigenvalue weighted by Crippen LogP contribution is -2.51. The average Bonchev–Trinajstić information content (AvgIpc) is 2.15. The number of rotatable bonds is 2. The molecule has 4 heteroatoms. The minimum absolute atomic E-state index is 0.169. The molecule has 1 N–H and O–H groups in total. The van der Waals surface area contributed by atoms with Crippen LogP contribution in [0.15, 0.2) is 12.2 Å². The van der Waals surface area contributed by atoms with E-state index in [-0.39, 0.29) is 17.8 Å². The number of carbonyl (C=O) groups is 1. The summed E-state index contributed by atoms with van der Waals surface area (Å²) in [5.74, 6) is -1.53. The summed E-state index contributed by atoms with van der Waals surface area (Å²) >= 11 is 0. The molecule has 1 aliphatic heterocycles. The smallest absolute Gasteiger partial charge is 0.312 e. The van der Waals surface area contributed by atoms with Crippen molar-refractivity contribution in [1.29, 1.82) is 0 Å². The minimum Gasteiger partial charge on any atom is -0.481 e. The number of ether oxygens (including phenoxy) is 2. The van der Waals surface area contributed by atoms with E-state index in [4.69, 9.17) is 9.47 Å². The molecular weight excluding hydrogens is 220 g/mol. The number of hydrogen-bond acceptors (Lipinski definition) is 3. The van der Waals surface area contributed by atoms with Gasteiger partial charge in [-0.2, -0.15) is 0 Å². The molecule has 1 fully saturated rings. The van der Waals surface area contributed by atoms with Gasteiger partial charge in [-0.25, -0.2) is 0 Å². The van der Waals surface area contributed by atoms with Crippen LogP contribution in [0.25, 0.3) is 0 Å². The molecule has 0 amide bonds. The van der Waals surface area contributed by atoms with Gasteiger partial charge >= 0.3 is 5.97 Å². The van der Waals surface area contributed by atoms with Gasteiger partial charge in [0.1, 0.15) is 5.92 Å². The van der Waals surface area contributed by atoms with Crippen LogP contribution in [0.1, 0.15) is 34.6 Å². The molecule has 0 spiro atoms. The van der Waals surface area contributed by atoms with Gasteiger partial charge in [-0.1, -0.05) is 32.9 Å². The number of carboxylic acid groups (broad SMARTS) is 1. The topological polar surface area (TPSA) is 55.8 Å². The van der Waals surface area contributed by atoms with Crippen LogP contribution >= 0.6 is 0 Å². The van der Waals surface area contributed by atoms with Gasteiger partial charge in [0.25, 0.3) is 0 Å². The van der Waals surface area contributed by atoms with Crippen molar-refractivity contribution in [2.75, 3.05) is 0 Å². The molecular formula is C13H22O4. The highest BCUT2D eigenvalue weighted by Gasteiger charge is 2.44. The van der Waals surface area contributed by atoms with Gasteiger partial charge in [0.15, 0.2) is 6.29 Å². The fraction of sp³-hybridized carbons (Fsp3) is 0.769. The number of carboxylic acids is 1. The Hall–Kier alpha value is -0.870. The molecule has 4 nitrogen and oxygen atoms in total. The number of aliphatic carboxylic acids is 1. The van der Waals surface area contributed by atoms with E-state index in [1.165, 1.54) is 0 Å². The van der Waals surface area contributed by atoms with Crippen LogP contribution in [-0.4, -0.2) is 29.6 Å². The molecule has 1 aliphatic rings. The second kappa shape index (κ2) is 5.19. The first kappa shape index (κ1) is 14.2. The monoisotopic (exact) mass is 242 g/mol. The van der Waals surface area contributed by atoms with Gasteiger partial charge in [-0.15, -0.1) is 0 Å². The summed E-state index contributed by atoms with van der Waals surface area (Å²) in [4.78, 5) is 11.2. The maximum atomic E-state index is 11.2. The first-order valence-corrected chi connectivity index (χ1v) is 5.94. The highest BCUT2D eigenvalue weighted by Crippen LogP contribution is 2.34. The Balaban J connectivity index is 2.91. The van der Waals surface area contributed by atoms with Crippen molar-refractivity contribution in [3.63, 3.8) is 0 Å². The van der Waals surface area contributed by atoms with Gasteiger partial charge in [0.05, 0.1) is 12.2 Å². The summed E-state index contributed by atoms with van der Waals surface area (Å²) in [6.07, 6.45) is 2.45. The van der Waals surface area contributed by atoms with Crippen LogP contribution in [0, 0.1) is 11.3 Å². The Morgan fingerprint density at radius 2 is 1.88 bits per heavy atom. The van der Waals surface area contributed by atoms with Crippen LogP contribution in [0.4, 0.5) is 0 Å². The van der Waals surface area contributed by atoms with E-state index in [9.17, 15) is 9.90 Å². The van der Waals surface area contributed by atoms with Crippen molar-refractivity contribution in [1.82, 2.24) is 0 Å². The summed E-state index contributed by atoms with van der Waals surface area (Å²) in [6.45, 7) is 9.68. The molecule has 0 aromatic carbocycles. The van der Waals surface area contributed by atoms with E-state index >= 15 is 0 Å². The molecule has 1 heterocycles. The predicted molar refractivity (Wildman–Crippen MR) is 64.6 cm³/mol. The van der Waals surface area contributed by atoms with Crippen molar-refractivity contribution in [3.8, 4) is 0 Å². The fourth-order valence-electron chi connectivity index (χ4n) is 1.91. The van der Waals surface area contributed by atoms with Crippen molar-refractivity contribution < 1.29 is 19.4 Å². The third-order valence-corrected chi connectivity index (χ3v) is 2.85. The first-order chi connectivity index (χ1) is 7.77. The molecule has 1 saturated heterocycles. The number of allylic oxidation sites excluding steroid dienone is 1. The third-order valence-electron chi connectivity index (χ3n) is 2.85. The zero-order chi connectivity index (χ0) is 13.2. The van der Waals surface area contributed by atoms with Crippen LogP contribution in [0.5, 0.6) is 0 Å². The minimum atomic E-state index is -0.882. The van der Waals surface area contributed by atoms with Crippen LogP contribution in [0.3, 0.4) is 0 Å². The molecule has 0 bridgehead atoms. The highest BCUT2D eigenvalue weighted by atomic mass is 16.7. The molecule has 17 heavy (non-hydrogen) atoms. The summed E-state index contributed by atoms with van der Waals surface area (Å²) in [7, 11) is 0. The second-order valence-electron chi connectivity index (χ2n) is 5.53. The van der Waals surface area contributed by atoms with E-state index < -0.39 is 18.0 Å². The highest BCUT2D eigenvalue weighted by molar-refractivity contribution is 5.72. The molecule has 0 unspecified atom stereocenters. The molecule has 0 saturated carbocycles. The summed E-state index contributed by atoms with van der Waals surface area (Å²) in [5.41, 5.74) is -0.169. The van der Waals surface area contributed by atoms with Gasteiger partial charge in [0.2, 0.25) is 0 Å². The van der Waals surface area contributed by atoms with Gasteiger partial charge in [-0.3, -0.25) is 4.79 Å². The Bertz CT molecular complexity index is 303. The summed E-state index contributed by atoms with van der Waals surface area (Å²) < 4.78 is 11.4. The van der Waals surface area contributed by atoms with E-state index in [1.807, 2.05) is 33.8 Å². The largest absolute Gasteiger partial charge is 0.481 e.